The summed E-state index contributed by atoms with van der Waals surface area (Å²) in [6.45, 7) is 6.26. The summed E-state index contributed by atoms with van der Waals surface area (Å²) in [5.74, 6) is 0.652. The molecule has 0 radical (unpaired) electrons. The van der Waals surface area contributed by atoms with Gasteiger partial charge in [0.05, 0.1) is 0 Å². The molecule has 2 N–H and O–H groups in total. The van der Waals surface area contributed by atoms with E-state index in [1.165, 1.54) is 5.57 Å². The Kier molecular flexibility index (Phi) is 5.18. The van der Waals surface area contributed by atoms with E-state index in [-0.39, 0.29) is 5.91 Å². The Morgan fingerprint density at radius 1 is 1.50 bits per heavy atom. The highest BCUT2D eigenvalue weighted by molar-refractivity contribution is 5.80. The highest BCUT2D eigenvalue weighted by Gasteiger charge is 2.15. The summed E-state index contributed by atoms with van der Waals surface area (Å²) in [6, 6.07) is 7.72. The van der Waals surface area contributed by atoms with E-state index in [0.717, 1.165) is 30.8 Å². The second-order valence-electron chi connectivity index (χ2n) is 5.11. The summed E-state index contributed by atoms with van der Waals surface area (Å²) in [7, 11) is 0. The second-order valence-corrected chi connectivity index (χ2v) is 5.11. The lowest BCUT2D eigenvalue weighted by Gasteiger charge is -2.17. The maximum atomic E-state index is 12.0. The fourth-order valence-electron chi connectivity index (χ4n) is 2.12. The summed E-state index contributed by atoms with van der Waals surface area (Å²) >= 11 is 0. The van der Waals surface area contributed by atoms with Gasteiger partial charge in [0, 0.05) is 13.1 Å². The maximum absolute atomic E-state index is 12.0. The number of carbonyl (C=O) groups is 1. The molecule has 1 aromatic carbocycles. The normalized spacial score (nSPS) is 16.2. The molecule has 0 spiro atoms. The third-order valence-electron chi connectivity index (χ3n) is 3.32. The van der Waals surface area contributed by atoms with Crippen molar-refractivity contribution in [2.45, 2.75) is 26.4 Å². The van der Waals surface area contributed by atoms with Crippen LogP contribution in [0.4, 0.5) is 0 Å². The van der Waals surface area contributed by atoms with Crippen LogP contribution in [0.1, 0.15) is 18.9 Å². The summed E-state index contributed by atoms with van der Waals surface area (Å²) in [6.07, 6.45) is 2.64. The van der Waals surface area contributed by atoms with E-state index in [1.807, 2.05) is 31.2 Å². The van der Waals surface area contributed by atoms with Crippen molar-refractivity contribution >= 4 is 5.91 Å². The standard InChI is InChI=1S/C16H22N2O2/c1-12-4-3-5-15(10-12)20-13(2)16(19)18-11-14-6-8-17-9-7-14/h3-6,10,13,17H,7-9,11H2,1-2H3,(H,18,19). The van der Waals surface area contributed by atoms with E-state index >= 15 is 0 Å². The van der Waals surface area contributed by atoms with Crippen molar-refractivity contribution in [3.63, 3.8) is 0 Å². The van der Waals surface area contributed by atoms with Gasteiger partial charge in [-0.2, -0.15) is 0 Å². The number of hydrogen-bond donors (Lipinski definition) is 2. The lowest BCUT2D eigenvalue weighted by Crippen LogP contribution is -2.38. The molecule has 1 amide bonds. The minimum atomic E-state index is -0.487. The van der Waals surface area contributed by atoms with Crippen LogP contribution in [0.15, 0.2) is 35.9 Å². The van der Waals surface area contributed by atoms with Crippen molar-refractivity contribution in [2.24, 2.45) is 0 Å². The quantitative estimate of drug-likeness (QED) is 0.805. The first kappa shape index (κ1) is 14.6. The molecular formula is C16H22N2O2. The van der Waals surface area contributed by atoms with Gasteiger partial charge in [-0.25, -0.2) is 0 Å². The molecule has 0 aromatic heterocycles. The Morgan fingerprint density at radius 3 is 3.05 bits per heavy atom. The molecule has 1 heterocycles. The topological polar surface area (TPSA) is 50.4 Å². The van der Waals surface area contributed by atoms with E-state index in [0.29, 0.717) is 6.54 Å². The fourth-order valence-corrected chi connectivity index (χ4v) is 2.12. The first-order valence-electron chi connectivity index (χ1n) is 7.05. The van der Waals surface area contributed by atoms with Crippen molar-refractivity contribution in [3.8, 4) is 5.75 Å². The molecule has 0 saturated carbocycles. The van der Waals surface area contributed by atoms with Crippen molar-refractivity contribution in [3.05, 3.63) is 41.5 Å². The van der Waals surface area contributed by atoms with Gasteiger partial charge in [0.15, 0.2) is 6.10 Å². The van der Waals surface area contributed by atoms with Crippen LogP contribution in [0, 0.1) is 6.92 Å². The number of amides is 1. The molecule has 0 bridgehead atoms. The molecule has 1 aliphatic rings. The minimum Gasteiger partial charge on any atom is -0.481 e. The van der Waals surface area contributed by atoms with Crippen molar-refractivity contribution in [1.29, 1.82) is 0 Å². The first-order chi connectivity index (χ1) is 9.65. The summed E-state index contributed by atoms with van der Waals surface area (Å²) < 4.78 is 5.65. The molecule has 0 fully saturated rings. The second kappa shape index (κ2) is 7.10. The van der Waals surface area contributed by atoms with Crippen LogP contribution in [0.5, 0.6) is 5.75 Å². The Morgan fingerprint density at radius 2 is 2.35 bits per heavy atom. The number of nitrogens with one attached hydrogen (secondary N) is 2. The van der Waals surface area contributed by atoms with Crippen LogP contribution >= 0.6 is 0 Å². The summed E-state index contributed by atoms with van der Waals surface area (Å²) in [5.41, 5.74) is 2.40. The van der Waals surface area contributed by atoms with Gasteiger partial charge in [0.1, 0.15) is 5.75 Å². The lowest BCUT2D eigenvalue weighted by atomic mass is 10.1. The molecule has 0 saturated heterocycles. The SMILES string of the molecule is Cc1cccc(OC(C)C(=O)NCC2=CCNCC2)c1. The first-order valence-corrected chi connectivity index (χ1v) is 7.05. The molecule has 1 aromatic rings. The highest BCUT2D eigenvalue weighted by atomic mass is 16.5. The zero-order valence-corrected chi connectivity index (χ0v) is 12.1. The third kappa shape index (κ3) is 4.38. The molecular weight excluding hydrogens is 252 g/mol. The Hall–Kier alpha value is -1.81. The number of rotatable bonds is 5. The van der Waals surface area contributed by atoms with Crippen LogP contribution < -0.4 is 15.4 Å². The molecule has 1 atom stereocenters. The highest BCUT2D eigenvalue weighted by Crippen LogP contribution is 2.14. The number of aryl methyl sites for hydroxylation is 1. The van der Waals surface area contributed by atoms with Gasteiger partial charge in [-0.15, -0.1) is 0 Å². The molecule has 1 unspecified atom stereocenters. The van der Waals surface area contributed by atoms with E-state index in [4.69, 9.17) is 4.74 Å². The third-order valence-corrected chi connectivity index (χ3v) is 3.32. The number of hydrogen-bond acceptors (Lipinski definition) is 3. The maximum Gasteiger partial charge on any atom is 0.261 e. The molecule has 20 heavy (non-hydrogen) atoms. The summed E-state index contributed by atoms with van der Waals surface area (Å²) in [5, 5.41) is 6.18. The molecule has 2 rings (SSSR count). The van der Waals surface area contributed by atoms with Crippen LogP contribution in [0.25, 0.3) is 0 Å². The number of carbonyl (C=O) groups excluding carboxylic acids is 1. The van der Waals surface area contributed by atoms with E-state index in [2.05, 4.69) is 16.7 Å². The van der Waals surface area contributed by atoms with Gasteiger partial charge in [-0.1, -0.05) is 23.8 Å². The largest absolute Gasteiger partial charge is 0.481 e. The molecule has 4 nitrogen and oxygen atoms in total. The van der Waals surface area contributed by atoms with E-state index < -0.39 is 6.10 Å². The Labute approximate surface area is 120 Å². The van der Waals surface area contributed by atoms with E-state index in [1.54, 1.807) is 6.92 Å². The number of benzene rings is 1. The van der Waals surface area contributed by atoms with Crippen LogP contribution in [0.3, 0.4) is 0 Å². The smallest absolute Gasteiger partial charge is 0.261 e. The van der Waals surface area contributed by atoms with Gasteiger partial charge in [-0.05, 0) is 44.5 Å². The van der Waals surface area contributed by atoms with Gasteiger partial charge in [0.25, 0.3) is 5.91 Å². The molecule has 0 aliphatic carbocycles. The zero-order chi connectivity index (χ0) is 14.4. The predicted molar refractivity (Wildman–Crippen MR) is 79.8 cm³/mol. The number of ether oxygens (including phenoxy) is 1. The Bertz CT molecular complexity index is 497. The Balaban J connectivity index is 1.81. The fraction of sp³-hybridized carbons (Fsp3) is 0.438. The lowest BCUT2D eigenvalue weighted by molar-refractivity contribution is -0.127. The van der Waals surface area contributed by atoms with Crippen LogP contribution in [0.2, 0.25) is 0 Å². The monoisotopic (exact) mass is 274 g/mol. The van der Waals surface area contributed by atoms with Crippen molar-refractivity contribution < 1.29 is 9.53 Å². The molecule has 108 valence electrons. The van der Waals surface area contributed by atoms with Gasteiger partial charge in [-0.3, -0.25) is 4.79 Å². The van der Waals surface area contributed by atoms with E-state index in [9.17, 15) is 4.79 Å². The minimum absolute atomic E-state index is 0.0778. The molecule has 1 aliphatic heterocycles. The predicted octanol–water partition coefficient (Wildman–Crippen LogP) is 1.80. The summed E-state index contributed by atoms with van der Waals surface area (Å²) in [4.78, 5) is 12.0. The van der Waals surface area contributed by atoms with Gasteiger partial charge in [0.2, 0.25) is 0 Å². The zero-order valence-electron chi connectivity index (χ0n) is 12.1. The van der Waals surface area contributed by atoms with Gasteiger partial charge >= 0.3 is 0 Å². The average Bonchev–Trinajstić information content (AvgIpc) is 2.46. The average molecular weight is 274 g/mol. The van der Waals surface area contributed by atoms with Crippen molar-refractivity contribution in [1.82, 2.24) is 10.6 Å². The van der Waals surface area contributed by atoms with Gasteiger partial charge < -0.3 is 15.4 Å². The van der Waals surface area contributed by atoms with Crippen molar-refractivity contribution in [2.75, 3.05) is 19.6 Å². The van der Waals surface area contributed by atoms with Crippen LogP contribution in [-0.4, -0.2) is 31.6 Å². The van der Waals surface area contributed by atoms with Crippen LogP contribution in [-0.2, 0) is 4.79 Å². The molecule has 4 heteroatoms.